The molecule has 1 aromatic rings. The molecule has 0 unspecified atom stereocenters. The van der Waals surface area contributed by atoms with E-state index in [1.807, 2.05) is 32.9 Å². The molecule has 19 heavy (non-hydrogen) atoms. The number of hydrogen-bond acceptors (Lipinski definition) is 3. The van der Waals surface area contributed by atoms with Crippen LogP contribution in [0.1, 0.15) is 32.8 Å². The predicted molar refractivity (Wildman–Crippen MR) is 77.9 cm³/mol. The largest absolute Gasteiger partial charge is 0.444 e. The molecule has 0 aliphatic rings. The van der Waals surface area contributed by atoms with Gasteiger partial charge in [0, 0.05) is 16.6 Å². The number of amides is 1. The summed E-state index contributed by atoms with van der Waals surface area (Å²) in [6, 6.07) is 7.66. The number of nitrogens with one attached hydrogen (secondary N) is 1. The second-order valence-corrected chi connectivity index (χ2v) is 6.00. The number of aryl methyl sites for hydroxylation is 1. The van der Waals surface area contributed by atoms with Crippen molar-refractivity contribution in [3.05, 3.63) is 28.2 Å². The van der Waals surface area contributed by atoms with E-state index in [2.05, 4.69) is 27.3 Å². The molecule has 1 N–H and O–H groups in total. The molecule has 0 radical (unpaired) electrons. The van der Waals surface area contributed by atoms with E-state index in [9.17, 15) is 4.79 Å². The van der Waals surface area contributed by atoms with E-state index < -0.39 is 11.7 Å². The summed E-state index contributed by atoms with van der Waals surface area (Å²) in [6.07, 6.45) is 0.503. The second kappa shape index (κ2) is 6.58. The number of carbonyl (C=O) groups excluding carboxylic acids is 1. The van der Waals surface area contributed by atoms with E-state index in [-0.39, 0.29) is 0 Å². The molecule has 1 amide bonds. The summed E-state index contributed by atoms with van der Waals surface area (Å²) in [5.41, 5.74) is 1.04. The molecule has 0 heterocycles. The molecule has 0 aliphatic carbocycles. The third-order valence-corrected chi connectivity index (χ3v) is 2.71. The minimum Gasteiger partial charge on any atom is -0.444 e. The number of nitriles is 1. The lowest BCUT2D eigenvalue weighted by Crippen LogP contribution is -2.27. The van der Waals surface area contributed by atoms with Crippen molar-refractivity contribution < 1.29 is 9.53 Å². The van der Waals surface area contributed by atoms with Gasteiger partial charge in [-0.25, -0.2) is 4.79 Å². The first-order valence-electron chi connectivity index (χ1n) is 5.97. The zero-order valence-electron chi connectivity index (χ0n) is 11.3. The topological polar surface area (TPSA) is 62.1 Å². The number of hydrogen-bond donors (Lipinski definition) is 1. The number of halogens is 1. The molecule has 0 aromatic heterocycles. The first kappa shape index (κ1) is 15.5. The summed E-state index contributed by atoms with van der Waals surface area (Å²) in [5.74, 6) is 0. The van der Waals surface area contributed by atoms with Crippen LogP contribution in [0.3, 0.4) is 0 Å². The minimum absolute atomic E-state index is 0.407. The fraction of sp³-hybridized carbons (Fsp3) is 0.429. The predicted octanol–water partition coefficient (Wildman–Crippen LogP) is 4.25. The van der Waals surface area contributed by atoms with Crippen LogP contribution in [-0.2, 0) is 11.2 Å². The van der Waals surface area contributed by atoms with Gasteiger partial charge in [0.25, 0.3) is 0 Å². The van der Waals surface area contributed by atoms with Gasteiger partial charge in [-0.2, -0.15) is 5.26 Å². The minimum atomic E-state index is -0.539. The van der Waals surface area contributed by atoms with Crippen LogP contribution in [0.5, 0.6) is 0 Å². The molecule has 0 saturated carbocycles. The van der Waals surface area contributed by atoms with Gasteiger partial charge in [-0.15, -0.1) is 0 Å². The van der Waals surface area contributed by atoms with Gasteiger partial charge >= 0.3 is 6.09 Å². The van der Waals surface area contributed by atoms with Crippen molar-refractivity contribution >= 4 is 27.7 Å². The van der Waals surface area contributed by atoms with Gasteiger partial charge in [-0.3, -0.25) is 5.32 Å². The highest BCUT2D eigenvalue weighted by Gasteiger charge is 2.17. The summed E-state index contributed by atoms with van der Waals surface area (Å²) in [5, 5.41) is 11.4. The molecule has 102 valence electrons. The molecule has 0 fully saturated rings. The first-order valence-corrected chi connectivity index (χ1v) is 6.76. The van der Waals surface area contributed by atoms with Crippen molar-refractivity contribution in [2.24, 2.45) is 0 Å². The van der Waals surface area contributed by atoms with Gasteiger partial charge in [0.15, 0.2) is 0 Å². The number of nitrogens with zero attached hydrogens (tertiary/aromatic N) is 1. The van der Waals surface area contributed by atoms with Crippen molar-refractivity contribution in [1.82, 2.24) is 0 Å². The molecule has 1 aromatic carbocycles. The van der Waals surface area contributed by atoms with Crippen LogP contribution < -0.4 is 5.32 Å². The Labute approximate surface area is 121 Å². The van der Waals surface area contributed by atoms with Crippen LogP contribution >= 0.6 is 15.9 Å². The van der Waals surface area contributed by atoms with Crippen LogP contribution in [0.4, 0.5) is 10.5 Å². The number of carbonyl (C=O) groups is 1. The molecule has 0 saturated heterocycles. The molecular formula is C14H17BrN2O2. The SMILES string of the molecule is CC(C)(C)OC(=O)Nc1cc(Br)ccc1CCC#N. The van der Waals surface area contributed by atoms with Gasteiger partial charge in [-0.05, 0) is 44.9 Å². The smallest absolute Gasteiger partial charge is 0.412 e. The second-order valence-electron chi connectivity index (χ2n) is 5.09. The van der Waals surface area contributed by atoms with E-state index in [0.29, 0.717) is 18.5 Å². The summed E-state index contributed by atoms with van der Waals surface area (Å²) in [7, 11) is 0. The highest BCUT2D eigenvalue weighted by atomic mass is 79.9. The van der Waals surface area contributed by atoms with Crippen molar-refractivity contribution in [2.45, 2.75) is 39.2 Å². The summed E-state index contributed by atoms with van der Waals surface area (Å²) >= 11 is 3.36. The molecule has 1 rings (SSSR count). The Morgan fingerprint density at radius 3 is 2.74 bits per heavy atom. The third kappa shape index (κ3) is 5.75. The molecular weight excluding hydrogens is 308 g/mol. The lowest BCUT2D eigenvalue weighted by atomic mass is 10.1. The van der Waals surface area contributed by atoms with Crippen LogP contribution in [0.25, 0.3) is 0 Å². The summed E-state index contributed by atoms with van der Waals surface area (Å²) < 4.78 is 6.07. The Morgan fingerprint density at radius 1 is 1.47 bits per heavy atom. The molecule has 5 heteroatoms. The fourth-order valence-corrected chi connectivity index (χ4v) is 1.85. The molecule has 4 nitrogen and oxygen atoms in total. The monoisotopic (exact) mass is 324 g/mol. The maximum absolute atomic E-state index is 11.8. The summed E-state index contributed by atoms with van der Waals surface area (Å²) in [6.45, 7) is 5.43. The van der Waals surface area contributed by atoms with E-state index in [0.717, 1.165) is 10.0 Å². The maximum atomic E-state index is 11.8. The lowest BCUT2D eigenvalue weighted by Gasteiger charge is -2.20. The number of benzene rings is 1. The Bertz CT molecular complexity index is 501. The highest BCUT2D eigenvalue weighted by molar-refractivity contribution is 9.10. The van der Waals surface area contributed by atoms with Crippen molar-refractivity contribution in [3.8, 4) is 6.07 Å². The van der Waals surface area contributed by atoms with Crippen molar-refractivity contribution in [2.75, 3.05) is 5.32 Å². The molecule has 0 aliphatic heterocycles. The molecule has 0 atom stereocenters. The number of anilines is 1. The van der Waals surface area contributed by atoms with Crippen LogP contribution in [0.15, 0.2) is 22.7 Å². The Hall–Kier alpha value is -1.54. The van der Waals surface area contributed by atoms with Crippen molar-refractivity contribution in [3.63, 3.8) is 0 Å². The summed E-state index contributed by atoms with van der Waals surface area (Å²) in [4.78, 5) is 11.8. The van der Waals surface area contributed by atoms with Crippen LogP contribution in [0, 0.1) is 11.3 Å². The quantitative estimate of drug-likeness (QED) is 0.903. The number of ether oxygens (including phenoxy) is 1. The standard InChI is InChI=1S/C14H17BrN2O2/c1-14(2,3)19-13(18)17-12-9-11(15)7-6-10(12)5-4-8-16/h6-7,9H,4-5H2,1-3H3,(H,17,18). The third-order valence-electron chi connectivity index (χ3n) is 2.21. The van der Waals surface area contributed by atoms with Crippen LogP contribution in [-0.4, -0.2) is 11.7 Å². The Morgan fingerprint density at radius 2 is 2.16 bits per heavy atom. The maximum Gasteiger partial charge on any atom is 0.412 e. The normalized spacial score (nSPS) is 10.7. The van der Waals surface area contributed by atoms with E-state index in [1.165, 1.54) is 0 Å². The van der Waals surface area contributed by atoms with Gasteiger partial charge in [0.1, 0.15) is 5.60 Å². The van der Waals surface area contributed by atoms with E-state index in [1.54, 1.807) is 6.07 Å². The molecule has 0 bridgehead atoms. The fourth-order valence-electron chi connectivity index (χ4n) is 1.49. The zero-order chi connectivity index (χ0) is 14.5. The average Bonchev–Trinajstić information content (AvgIpc) is 2.25. The number of rotatable bonds is 3. The van der Waals surface area contributed by atoms with Gasteiger partial charge in [0.2, 0.25) is 0 Å². The van der Waals surface area contributed by atoms with Crippen LogP contribution in [0.2, 0.25) is 0 Å². The van der Waals surface area contributed by atoms with E-state index >= 15 is 0 Å². The van der Waals surface area contributed by atoms with Gasteiger partial charge < -0.3 is 4.74 Å². The van der Waals surface area contributed by atoms with E-state index in [4.69, 9.17) is 10.00 Å². The first-order chi connectivity index (χ1) is 8.81. The van der Waals surface area contributed by atoms with Crippen molar-refractivity contribution in [1.29, 1.82) is 5.26 Å². The van der Waals surface area contributed by atoms with Gasteiger partial charge in [0.05, 0.1) is 6.07 Å². The highest BCUT2D eigenvalue weighted by Crippen LogP contribution is 2.23. The van der Waals surface area contributed by atoms with Gasteiger partial charge in [-0.1, -0.05) is 22.0 Å². The molecule has 0 spiro atoms. The lowest BCUT2D eigenvalue weighted by molar-refractivity contribution is 0.0636. The Balaban J connectivity index is 2.84. The zero-order valence-corrected chi connectivity index (χ0v) is 12.9. The Kier molecular flexibility index (Phi) is 5.37. The average molecular weight is 325 g/mol.